The van der Waals surface area contributed by atoms with Crippen molar-refractivity contribution in [3.8, 4) is 16.9 Å². The van der Waals surface area contributed by atoms with Crippen molar-refractivity contribution in [3.05, 3.63) is 53.6 Å². The molecule has 0 aromatic heterocycles. The standard InChI is InChI=1S/C18H22O/c1-13-12-14(18(2,3)4)10-11-15(13)16-8-6-7-9-17(16)19-5/h6-12H,1-5H3. The Labute approximate surface area is 116 Å². The molecule has 0 radical (unpaired) electrons. The van der Waals surface area contributed by atoms with E-state index in [2.05, 4.69) is 58.0 Å². The molecule has 0 spiro atoms. The molecule has 2 aromatic carbocycles. The molecular weight excluding hydrogens is 232 g/mol. The molecule has 0 fully saturated rings. The van der Waals surface area contributed by atoms with Gasteiger partial charge in [0.05, 0.1) is 7.11 Å². The van der Waals surface area contributed by atoms with Gasteiger partial charge >= 0.3 is 0 Å². The zero-order chi connectivity index (χ0) is 14.0. The van der Waals surface area contributed by atoms with Crippen LogP contribution in [0, 0.1) is 6.92 Å². The van der Waals surface area contributed by atoms with Gasteiger partial charge in [0.1, 0.15) is 5.75 Å². The van der Waals surface area contributed by atoms with Crippen molar-refractivity contribution in [1.29, 1.82) is 0 Å². The molecule has 0 saturated carbocycles. The summed E-state index contributed by atoms with van der Waals surface area (Å²) in [5, 5.41) is 0. The summed E-state index contributed by atoms with van der Waals surface area (Å²) in [5.41, 5.74) is 5.23. The van der Waals surface area contributed by atoms with E-state index in [9.17, 15) is 0 Å². The number of para-hydroxylation sites is 1. The van der Waals surface area contributed by atoms with E-state index >= 15 is 0 Å². The summed E-state index contributed by atoms with van der Waals surface area (Å²) in [6.07, 6.45) is 0. The molecule has 0 amide bonds. The zero-order valence-corrected chi connectivity index (χ0v) is 12.4. The molecule has 0 bridgehead atoms. The second-order valence-corrected chi connectivity index (χ2v) is 5.98. The Morgan fingerprint density at radius 3 is 2.16 bits per heavy atom. The fourth-order valence-corrected chi connectivity index (χ4v) is 2.30. The van der Waals surface area contributed by atoms with Gasteiger partial charge in [0.2, 0.25) is 0 Å². The third-order valence-electron chi connectivity index (χ3n) is 3.49. The normalized spacial score (nSPS) is 11.4. The lowest BCUT2D eigenvalue weighted by Gasteiger charge is -2.21. The third kappa shape index (κ3) is 2.81. The van der Waals surface area contributed by atoms with Crippen molar-refractivity contribution < 1.29 is 4.74 Å². The van der Waals surface area contributed by atoms with Crippen LogP contribution in [0.5, 0.6) is 5.75 Å². The molecule has 0 heterocycles. The van der Waals surface area contributed by atoms with E-state index in [1.807, 2.05) is 12.1 Å². The van der Waals surface area contributed by atoms with Crippen LogP contribution in [-0.2, 0) is 5.41 Å². The Bertz CT molecular complexity index is 576. The predicted octanol–water partition coefficient (Wildman–Crippen LogP) is 4.97. The molecule has 19 heavy (non-hydrogen) atoms. The third-order valence-corrected chi connectivity index (χ3v) is 3.49. The summed E-state index contributed by atoms with van der Waals surface area (Å²) in [7, 11) is 1.72. The Hall–Kier alpha value is -1.76. The van der Waals surface area contributed by atoms with Crippen molar-refractivity contribution in [1.82, 2.24) is 0 Å². The number of benzene rings is 2. The number of hydrogen-bond donors (Lipinski definition) is 0. The van der Waals surface area contributed by atoms with Crippen LogP contribution in [0.3, 0.4) is 0 Å². The first-order valence-electron chi connectivity index (χ1n) is 6.68. The lowest BCUT2D eigenvalue weighted by molar-refractivity contribution is 0.416. The van der Waals surface area contributed by atoms with Gasteiger partial charge in [-0.2, -0.15) is 0 Å². The molecule has 0 aliphatic rings. The van der Waals surface area contributed by atoms with Crippen LogP contribution < -0.4 is 4.74 Å². The van der Waals surface area contributed by atoms with Crippen molar-refractivity contribution in [2.45, 2.75) is 33.1 Å². The Morgan fingerprint density at radius 1 is 0.895 bits per heavy atom. The molecule has 1 heteroatoms. The fraction of sp³-hybridized carbons (Fsp3) is 0.333. The largest absolute Gasteiger partial charge is 0.496 e. The van der Waals surface area contributed by atoms with Gasteiger partial charge < -0.3 is 4.74 Å². The maximum absolute atomic E-state index is 5.45. The molecule has 1 nitrogen and oxygen atoms in total. The minimum Gasteiger partial charge on any atom is -0.496 e. The SMILES string of the molecule is COc1ccccc1-c1ccc(C(C)(C)C)cc1C. The van der Waals surface area contributed by atoms with Gasteiger partial charge in [-0.05, 0) is 35.1 Å². The fourth-order valence-electron chi connectivity index (χ4n) is 2.30. The van der Waals surface area contributed by atoms with E-state index in [0.717, 1.165) is 11.3 Å². The molecule has 2 aromatic rings. The predicted molar refractivity (Wildman–Crippen MR) is 81.9 cm³/mol. The van der Waals surface area contributed by atoms with Crippen LogP contribution in [0.4, 0.5) is 0 Å². The smallest absolute Gasteiger partial charge is 0.126 e. The van der Waals surface area contributed by atoms with Crippen molar-refractivity contribution in [2.75, 3.05) is 7.11 Å². The van der Waals surface area contributed by atoms with Crippen LogP contribution in [0.25, 0.3) is 11.1 Å². The lowest BCUT2D eigenvalue weighted by atomic mass is 9.84. The maximum Gasteiger partial charge on any atom is 0.126 e. The summed E-state index contributed by atoms with van der Waals surface area (Å²) in [6.45, 7) is 8.89. The van der Waals surface area contributed by atoms with Gasteiger partial charge in [-0.3, -0.25) is 0 Å². The Balaban J connectivity index is 2.53. The number of rotatable bonds is 2. The first-order valence-corrected chi connectivity index (χ1v) is 6.68. The highest BCUT2D eigenvalue weighted by Crippen LogP contribution is 2.34. The van der Waals surface area contributed by atoms with Crippen LogP contribution in [0.2, 0.25) is 0 Å². The molecule has 0 aliphatic carbocycles. The highest BCUT2D eigenvalue weighted by atomic mass is 16.5. The van der Waals surface area contributed by atoms with Gasteiger partial charge in [-0.15, -0.1) is 0 Å². The van der Waals surface area contributed by atoms with Gasteiger partial charge in [0.25, 0.3) is 0 Å². The number of methoxy groups -OCH3 is 1. The molecule has 0 saturated heterocycles. The second-order valence-electron chi connectivity index (χ2n) is 5.98. The molecule has 0 unspecified atom stereocenters. The Morgan fingerprint density at radius 2 is 1.58 bits per heavy atom. The molecule has 0 aliphatic heterocycles. The van der Waals surface area contributed by atoms with Crippen molar-refractivity contribution >= 4 is 0 Å². The minimum atomic E-state index is 0.185. The van der Waals surface area contributed by atoms with Crippen molar-refractivity contribution in [3.63, 3.8) is 0 Å². The first-order chi connectivity index (χ1) is 8.93. The van der Waals surface area contributed by atoms with E-state index in [-0.39, 0.29) is 5.41 Å². The topological polar surface area (TPSA) is 9.23 Å². The van der Waals surface area contributed by atoms with Gasteiger partial charge in [0.15, 0.2) is 0 Å². The van der Waals surface area contributed by atoms with E-state index in [4.69, 9.17) is 4.74 Å². The average Bonchev–Trinajstić information content (AvgIpc) is 2.37. The molecule has 0 atom stereocenters. The first kappa shape index (κ1) is 13.7. The minimum absolute atomic E-state index is 0.185. The number of aryl methyl sites for hydroxylation is 1. The van der Waals surface area contributed by atoms with E-state index in [1.165, 1.54) is 16.7 Å². The average molecular weight is 254 g/mol. The van der Waals surface area contributed by atoms with Crippen molar-refractivity contribution in [2.24, 2.45) is 0 Å². The van der Waals surface area contributed by atoms with E-state index < -0.39 is 0 Å². The molecule has 100 valence electrons. The monoisotopic (exact) mass is 254 g/mol. The highest BCUT2D eigenvalue weighted by Gasteiger charge is 2.15. The number of ether oxygens (including phenoxy) is 1. The van der Waals surface area contributed by atoms with Gasteiger partial charge in [-0.25, -0.2) is 0 Å². The molecule has 0 N–H and O–H groups in total. The Kier molecular flexibility index (Phi) is 3.66. The summed E-state index contributed by atoms with van der Waals surface area (Å²) >= 11 is 0. The van der Waals surface area contributed by atoms with Crippen LogP contribution in [0.15, 0.2) is 42.5 Å². The summed E-state index contributed by atoms with van der Waals surface area (Å²) in [4.78, 5) is 0. The quantitative estimate of drug-likeness (QED) is 0.735. The number of hydrogen-bond acceptors (Lipinski definition) is 1. The zero-order valence-electron chi connectivity index (χ0n) is 12.4. The lowest BCUT2D eigenvalue weighted by Crippen LogP contribution is -2.11. The van der Waals surface area contributed by atoms with Gasteiger partial charge in [0, 0.05) is 5.56 Å². The van der Waals surface area contributed by atoms with Crippen LogP contribution in [0.1, 0.15) is 31.9 Å². The maximum atomic E-state index is 5.45. The second kappa shape index (κ2) is 5.08. The summed E-state index contributed by atoms with van der Waals surface area (Å²) < 4.78 is 5.45. The van der Waals surface area contributed by atoms with Gasteiger partial charge in [-0.1, -0.05) is 57.2 Å². The summed E-state index contributed by atoms with van der Waals surface area (Å²) in [5.74, 6) is 0.925. The molecule has 2 rings (SSSR count). The highest BCUT2D eigenvalue weighted by molar-refractivity contribution is 5.73. The van der Waals surface area contributed by atoms with E-state index in [0.29, 0.717) is 0 Å². The van der Waals surface area contributed by atoms with Crippen LogP contribution >= 0.6 is 0 Å². The van der Waals surface area contributed by atoms with E-state index in [1.54, 1.807) is 7.11 Å². The molecular formula is C18H22O. The van der Waals surface area contributed by atoms with Crippen LogP contribution in [-0.4, -0.2) is 7.11 Å². The summed E-state index contributed by atoms with van der Waals surface area (Å²) in [6, 6.07) is 14.9.